The van der Waals surface area contributed by atoms with E-state index in [1.807, 2.05) is 0 Å². The van der Waals surface area contributed by atoms with Crippen LogP contribution in [0.25, 0.3) is 0 Å². The Hall–Kier alpha value is -3.23. The van der Waals surface area contributed by atoms with Gasteiger partial charge in [-0.05, 0) is 22.9 Å². The van der Waals surface area contributed by atoms with Crippen LogP contribution in [0.4, 0.5) is 0 Å². The Labute approximate surface area is 215 Å². The largest absolute Gasteiger partial charge is 0.465 e. The lowest BCUT2D eigenvalue weighted by Gasteiger charge is -2.37. The summed E-state index contributed by atoms with van der Waals surface area (Å²) in [5.74, 6) is -6.42. The first kappa shape index (κ1) is 30.8. The first-order valence-electron chi connectivity index (χ1n) is 10.7. The highest BCUT2D eigenvalue weighted by Crippen LogP contribution is 2.32. The highest BCUT2D eigenvalue weighted by atomic mass is 79.9. The van der Waals surface area contributed by atoms with Crippen molar-refractivity contribution in [3.05, 3.63) is 0 Å². The lowest BCUT2D eigenvalue weighted by Crippen LogP contribution is -2.58. The molecule has 1 aliphatic rings. The molecule has 0 radical (unpaired) electrons. The van der Waals surface area contributed by atoms with E-state index in [1.165, 1.54) is 0 Å². The summed E-state index contributed by atoms with van der Waals surface area (Å²) in [5, 5.41) is 3.70. The Morgan fingerprint density at radius 3 is 1.81 bits per heavy atom. The minimum Gasteiger partial charge on any atom is -0.465 e. The van der Waals surface area contributed by atoms with Crippen molar-refractivity contribution in [3.8, 4) is 0 Å². The number of esters is 6. The maximum Gasteiger partial charge on any atom is 0.319 e. The number of oxime groups is 1. The summed E-state index contributed by atoms with van der Waals surface area (Å²) < 4.78 is 31.2. The predicted molar refractivity (Wildman–Crippen MR) is 120 cm³/mol. The predicted octanol–water partition coefficient (Wildman–Crippen LogP) is 0.563. The van der Waals surface area contributed by atoms with Crippen LogP contribution < -0.4 is 0 Å². The van der Waals surface area contributed by atoms with Gasteiger partial charge >= 0.3 is 35.8 Å². The van der Waals surface area contributed by atoms with Gasteiger partial charge in [-0.1, -0.05) is 5.16 Å². The van der Waals surface area contributed by atoms with E-state index < -0.39 is 78.9 Å². The molecule has 0 saturated carbocycles. The zero-order valence-electron chi connectivity index (χ0n) is 20.5. The van der Waals surface area contributed by atoms with Crippen LogP contribution in [0.5, 0.6) is 0 Å². The number of halogens is 1. The fraction of sp³-hybridized carbons (Fsp3) is 0.667. The SMILES string of the molecule is CCOC(=O)[C@H]1C(Br)=NO[C@@H]1[C@H](OC(C)=O)[C@@H](OC(C)=O)[C@@H](OC(C)=O)[C@@H](COC(C)=O)OC(C)=O. The van der Waals surface area contributed by atoms with Gasteiger partial charge in [-0.2, -0.15) is 0 Å². The Balaban J connectivity index is 3.65. The van der Waals surface area contributed by atoms with Crippen molar-refractivity contribution in [1.82, 2.24) is 0 Å². The fourth-order valence-electron chi connectivity index (χ4n) is 3.26. The molecule has 1 aliphatic heterocycles. The van der Waals surface area contributed by atoms with Gasteiger partial charge in [0.15, 0.2) is 36.4 Å². The van der Waals surface area contributed by atoms with E-state index >= 15 is 0 Å². The van der Waals surface area contributed by atoms with Gasteiger partial charge in [0.25, 0.3) is 0 Å². The number of rotatable bonds is 12. The summed E-state index contributed by atoms with van der Waals surface area (Å²) in [7, 11) is 0. The zero-order chi connectivity index (χ0) is 27.6. The molecule has 1 rings (SSSR count). The molecule has 0 aromatic carbocycles. The summed E-state index contributed by atoms with van der Waals surface area (Å²) >= 11 is 3.09. The average molecular weight is 582 g/mol. The smallest absolute Gasteiger partial charge is 0.319 e. The summed E-state index contributed by atoms with van der Waals surface area (Å²) in [5.41, 5.74) is 0. The number of nitrogens with zero attached hydrogens (tertiary/aromatic N) is 1. The summed E-state index contributed by atoms with van der Waals surface area (Å²) in [6.07, 6.45) is -8.03. The van der Waals surface area contributed by atoms with Gasteiger partial charge in [0.2, 0.25) is 0 Å². The van der Waals surface area contributed by atoms with E-state index in [9.17, 15) is 28.8 Å². The lowest BCUT2D eigenvalue weighted by atomic mass is 9.91. The molecule has 202 valence electrons. The van der Waals surface area contributed by atoms with E-state index in [1.54, 1.807) is 6.92 Å². The normalized spacial score (nSPS) is 19.8. The summed E-state index contributed by atoms with van der Waals surface area (Å²) in [4.78, 5) is 77.3. The quantitative estimate of drug-likeness (QED) is 0.230. The van der Waals surface area contributed by atoms with Gasteiger partial charge in [-0.3, -0.25) is 28.8 Å². The summed E-state index contributed by atoms with van der Waals surface area (Å²) in [6.45, 7) is 6.13. The number of hydrogen-bond donors (Lipinski definition) is 0. The standard InChI is InChI=1S/C21H28BrNO13/c1-7-30-21(29)15-17(36-23-20(15)22)19(35-13(6)28)18(34-12(5)27)16(33-11(4)26)14(32-10(3)25)8-31-9(2)24/h14-19H,7-8H2,1-6H3/t14-,15-,16+,17+,18+,19+/m1/s1. The Kier molecular flexibility index (Phi) is 12.3. The molecule has 14 nitrogen and oxygen atoms in total. The molecule has 0 N–H and O–H groups in total. The lowest BCUT2D eigenvalue weighted by molar-refractivity contribution is -0.214. The van der Waals surface area contributed by atoms with Crippen molar-refractivity contribution >= 4 is 56.4 Å². The van der Waals surface area contributed by atoms with Crippen LogP contribution in [0.2, 0.25) is 0 Å². The average Bonchev–Trinajstić information content (AvgIpc) is 3.12. The van der Waals surface area contributed by atoms with Crippen molar-refractivity contribution in [2.75, 3.05) is 13.2 Å². The van der Waals surface area contributed by atoms with Gasteiger partial charge < -0.3 is 33.3 Å². The molecule has 0 aromatic heterocycles. The van der Waals surface area contributed by atoms with Crippen LogP contribution in [-0.4, -0.2) is 84.2 Å². The molecule has 0 saturated heterocycles. The highest BCUT2D eigenvalue weighted by Gasteiger charge is 2.54. The van der Waals surface area contributed by atoms with E-state index in [0.29, 0.717) is 0 Å². The molecular formula is C21H28BrNO13. The van der Waals surface area contributed by atoms with Crippen molar-refractivity contribution in [1.29, 1.82) is 0 Å². The van der Waals surface area contributed by atoms with Crippen LogP contribution in [0, 0.1) is 5.92 Å². The van der Waals surface area contributed by atoms with Crippen LogP contribution in [0.15, 0.2) is 5.16 Å². The third-order valence-corrected chi connectivity index (χ3v) is 5.04. The molecule has 0 bridgehead atoms. The second-order valence-corrected chi connectivity index (χ2v) is 8.20. The molecule has 15 heteroatoms. The Morgan fingerprint density at radius 2 is 1.33 bits per heavy atom. The van der Waals surface area contributed by atoms with Crippen molar-refractivity contribution in [2.45, 2.75) is 72.1 Å². The molecule has 6 atom stereocenters. The molecule has 0 aromatic rings. The maximum atomic E-state index is 12.6. The number of carbonyl (C=O) groups is 6. The number of carbonyl (C=O) groups excluding carboxylic acids is 6. The molecule has 0 amide bonds. The van der Waals surface area contributed by atoms with Gasteiger partial charge in [0, 0.05) is 34.6 Å². The van der Waals surface area contributed by atoms with Crippen molar-refractivity contribution in [3.63, 3.8) is 0 Å². The van der Waals surface area contributed by atoms with Gasteiger partial charge in [-0.15, -0.1) is 0 Å². The fourth-order valence-corrected chi connectivity index (χ4v) is 3.79. The van der Waals surface area contributed by atoms with Gasteiger partial charge in [0.05, 0.1) is 6.61 Å². The maximum absolute atomic E-state index is 12.6. The minimum atomic E-state index is -1.73. The Bertz CT molecular complexity index is 889. The van der Waals surface area contributed by atoms with Crippen LogP contribution in [-0.2, 0) is 62.0 Å². The number of hydrogen-bond acceptors (Lipinski definition) is 14. The van der Waals surface area contributed by atoms with Crippen molar-refractivity contribution in [2.24, 2.45) is 11.1 Å². The topological polar surface area (TPSA) is 179 Å². The van der Waals surface area contributed by atoms with Gasteiger partial charge in [0.1, 0.15) is 11.2 Å². The molecule has 36 heavy (non-hydrogen) atoms. The second kappa shape index (κ2) is 14.4. The van der Waals surface area contributed by atoms with Crippen LogP contribution >= 0.6 is 15.9 Å². The molecular weight excluding hydrogens is 554 g/mol. The third kappa shape index (κ3) is 9.43. The van der Waals surface area contributed by atoms with E-state index in [2.05, 4.69) is 21.1 Å². The van der Waals surface area contributed by atoms with E-state index in [0.717, 1.165) is 34.6 Å². The highest BCUT2D eigenvalue weighted by molar-refractivity contribution is 9.18. The molecule has 0 unspecified atom stereocenters. The van der Waals surface area contributed by atoms with E-state index in [4.69, 9.17) is 33.3 Å². The monoisotopic (exact) mass is 581 g/mol. The van der Waals surface area contributed by atoms with Crippen LogP contribution in [0.3, 0.4) is 0 Å². The third-order valence-electron chi connectivity index (χ3n) is 4.40. The van der Waals surface area contributed by atoms with E-state index in [-0.39, 0.29) is 11.2 Å². The second-order valence-electron chi connectivity index (χ2n) is 7.39. The molecule has 0 aliphatic carbocycles. The molecule has 0 spiro atoms. The number of ether oxygens (including phenoxy) is 6. The Morgan fingerprint density at radius 1 is 0.806 bits per heavy atom. The molecule has 1 heterocycles. The zero-order valence-corrected chi connectivity index (χ0v) is 22.1. The van der Waals surface area contributed by atoms with Crippen LogP contribution in [0.1, 0.15) is 41.5 Å². The minimum absolute atomic E-state index is 0.000916. The summed E-state index contributed by atoms with van der Waals surface area (Å²) in [6, 6.07) is 0. The first-order valence-corrected chi connectivity index (χ1v) is 11.5. The first-order chi connectivity index (χ1) is 16.8. The van der Waals surface area contributed by atoms with Gasteiger partial charge in [-0.25, -0.2) is 0 Å². The van der Waals surface area contributed by atoms with Crippen molar-refractivity contribution < 1.29 is 62.0 Å². The molecule has 0 fully saturated rings.